The van der Waals surface area contributed by atoms with E-state index in [-0.39, 0.29) is 0 Å². The van der Waals surface area contributed by atoms with Gasteiger partial charge < -0.3 is 9.63 Å². The third-order valence-electron chi connectivity index (χ3n) is 3.39. The van der Waals surface area contributed by atoms with E-state index in [4.69, 9.17) is 4.52 Å². The first-order valence-corrected chi connectivity index (χ1v) is 5.53. The van der Waals surface area contributed by atoms with Crippen LogP contribution in [0.2, 0.25) is 0 Å². The molecule has 0 bridgehead atoms. The molecular weight excluding hydrogens is 192 g/mol. The first-order chi connectivity index (χ1) is 7.16. The quantitative estimate of drug-likeness (QED) is 0.803. The van der Waals surface area contributed by atoms with Gasteiger partial charge in [0.25, 0.3) is 0 Å². The summed E-state index contributed by atoms with van der Waals surface area (Å²) in [4.78, 5) is 2.22. The summed E-state index contributed by atoms with van der Waals surface area (Å²) in [5, 5.41) is 14.1. The summed E-state index contributed by atoms with van der Waals surface area (Å²) in [6.45, 7) is 4.28. The summed E-state index contributed by atoms with van der Waals surface area (Å²) in [7, 11) is 0. The fraction of sp³-hybridized carbons (Fsp3) is 0.727. The third kappa shape index (κ3) is 1.68. The monoisotopic (exact) mass is 208 g/mol. The Hall–Kier alpha value is -0.870. The summed E-state index contributed by atoms with van der Waals surface area (Å²) >= 11 is 0. The van der Waals surface area contributed by atoms with Crippen molar-refractivity contribution in [3.8, 4) is 0 Å². The highest BCUT2D eigenvalue weighted by molar-refractivity contribution is 5.09. The second-order valence-electron chi connectivity index (χ2n) is 4.95. The molecule has 0 spiro atoms. The number of rotatable bonds is 3. The zero-order chi connectivity index (χ0) is 10.5. The van der Waals surface area contributed by atoms with Crippen molar-refractivity contribution in [3.05, 3.63) is 17.5 Å². The van der Waals surface area contributed by atoms with Crippen LogP contribution < -0.4 is 0 Å². The second-order valence-corrected chi connectivity index (χ2v) is 4.95. The molecule has 1 saturated heterocycles. The van der Waals surface area contributed by atoms with Crippen molar-refractivity contribution in [1.82, 2.24) is 10.1 Å². The van der Waals surface area contributed by atoms with E-state index in [0.29, 0.717) is 5.92 Å². The van der Waals surface area contributed by atoms with Crippen LogP contribution in [0.25, 0.3) is 0 Å². The third-order valence-corrected chi connectivity index (χ3v) is 3.39. The fourth-order valence-corrected chi connectivity index (χ4v) is 2.44. The average Bonchev–Trinajstić information content (AvgIpc) is 2.90. The zero-order valence-corrected chi connectivity index (χ0v) is 8.94. The number of nitrogens with zero attached hydrogens (tertiary/aromatic N) is 2. The molecule has 1 aliphatic heterocycles. The van der Waals surface area contributed by atoms with Crippen molar-refractivity contribution in [2.75, 3.05) is 13.1 Å². The lowest BCUT2D eigenvalue weighted by Gasteiger charge is -2.46. The number of β-amino-alcohol motifs (C(OH)–C–C–N with tert-alkyl or cyclic N) is 1. The molecule has 4 heteroatoms. The topological polar surface area (TPSA) is 49.5 Å². The van der Waals surface area contributed by atoms with E-state index in [2.05, 4.69) is 10.1 Å². The van der Waals surface area contributed by atoms with Crippen molar-refractivity contribution in [2.45, 2.75) is 31.9 Å². The maximum Gasteiger partial charge on any atom is 0.133 e. The van der Waals surface area contributed by atoms with Gasteiger partial charge in [-0.3, -0.25) is 4.90 Å². The molecule has 0 radical (unpaired) electrons. The van der Waals surface area contributed by atoms with Crippen LogP contribution in [0.5, 0.6) is 0 Å². The number of aliphatic hydroxyl groups is 1. The normalized spacial score (nSPS) is 25.2. The van der Waals surface area contributed by atoms with E-state index in [9.17, 15) is 5.11 Å². The van der Waals surface area contributed by atoms with Gasteiger partial charge in [-0.25, -0.2) is 0 Å². The molecule has 0 unspecified atom stereocenters. The number of aryl methyl sites for hydroxylation is 1. The van der Waals surface area contributed by atoms with Crippen molar-refractivity contribution in [2.24, 2.45) is 5.92 Å². The molecular formula is C11H16N2O2. The van der Waals surface area contributed by atoms with Crippen LogP contribution in [0.1, 0.15) is 24.3 Å². The Labute approximate surface area is 88.9 Å². The van der Waals surface area contributed by atoms with Crippen LogP contribution >= 0.6 is 0 Å². The predicted octanol–water partition coefficient (Wildman–Crippen LogP) is 0.940. The van der Waals surface area contributed by atoms with Gasteiger partial charge in [0.1, 0.15) is 5.76 Å². The van der Waals surface area contributed by atoms with Gasteiger partial charge in [0.15, 0.2) is 0 Å². The summed E-state index contributed by atoms with van der Waals surface area (Å²) in [6.07, 6.45) is 2.40. The van der Waals surface area contributed by atoms with Gasteiger partial charge in [-0.2, -0.15) is 0 Å². The summed E-state index contributed by atoms with van der Waals surface area (Å²) in [6, 6.07) is 1.95. The van der Waals surface area contributed by atoms with Crippen LogP contribution in [-0.2, 0) is 6.54 Å². The van der Waals surface area contributed by atoms with Gasteiger partial charge in [-0.05, 0) is 25.7 Å². The molecule has 15 heavy (non-hydrogen) atoms. The molecule has 2 heterocycles. The molecule has 1 aromatic heterocycles. The van der Waals surface area contributed by atoms with E-state index < -0.39 is 5.60 Å². The maximum absolute atomic E-state index is 10.1. The Morgan fingerprint density at radius 1 is 1.60 bits per heavy atom. The second kappa shape index (κ2) is 3.06. The first-order valence-electron chi connectivity index (χ1n) is 5.53. The Morgan fingerprint density at radius 2 is 2.33 bits per heavy atom. The van der Waals surface area contributed by atoms with E-state index in [1.54, 1.807) is 0 Å². The van der Waals surface area contributed by atoms with Crippen LogP contribution in [0.3, 0.4) is 0 Å². The van der Waals surface area contributed by atoms with E-state index in [1.165, 1.54) is 12.8 Å². The lowest BCUT2D eigenvalue weighted by atomic mass is 9.89. The molecule has 82 valence electrons. The van der Waals surface area contributed by atoms with Gasteiger partial charge in [0.2, 0.25) is 0 Å². The molecule has 2 aliphatic rings. The van der Waals surface area contributed by atoms with Crippen LogP contribution in [-0.4, -0.2) is 33.9 Å². The number of likely N-dealkylation sites (tertiary alicyclic amines) is 1. The number of aromatic nitrogens is 1. The van der Waals surface area contributed by atoms with Gasteiger partial charge >= 0.3 is 0 Å². The zero-order valence-electron chi connectivity index (χ0n) is 8.94. The van der Waals surface area contributed by atoms with Crippen LogP contribution in [0.4, 0.5) is 0 Å². The Bertz CT molecular complexity index is 364. The summed E-state index contributed by atoms with van der Waals surface area (Å²) < 4.78 is 5.01. The van der Waals surface area contributed by atoms with E-state index in [0.717, 1.165) is 31.1 Å². The van der Waals surface area contributed by atoms with Gasteiger partial charge in [-0.1, -0.05) is 5.16 Å². The lowest BCUT2D eigenvalue weighted by Crippen LogP contribution is -2.62. The molecule has 1 N–H and O–H groups in total. The predicted molar refractivity (Wildman–Crippen MR) is 54.2 cm³/mol. The average molecular weight is 208 g/mol. The van der Waals surface area contributed by atoms with Gasteiger partial charge in [-0.15, -0.1) is 0 Å². The smallest absolute Gasteiger partial charge is 0.133 e. The molecule has 0 aromatic carbocycles. The van der Waals surface area contributed by atoms with Gasteiger partial charge in [0.05, 0.1) is 11.3 Å². The number of hydrogen-bond acceptors (Lipinski definition) is 4. The highest BCUT2D eigenvalue weighted by atomic mass is 16.5. The highest BCUT2D eigenvalue weighted by Crippen LogP contribution is 2.44. The minimum Gasteiger partial charge on any atom is -0.387 e. The van der Waals surface area contributed by atoms with E-state index >= 15 is 0 Å². The van der Waals surface area contributed by atoms with Crippen LogP contribution in [0, 0.1) is 12.8 Å². The lowest BCUT2D eigenvalue weighted by molar-refractivity contribution is -0.117. The SMILES string of the molecule is Cc1cc(CN2CC(O)(C3CC3)C2)no1. The minimum atomic E-state index is -0.390. The summed E-state index contributed by atoms with van der Waals surface area (Å²) in [5.41, 5.74) is 0.573. The molecule has 4 nitrogen and oxygen atoms in total. The molecule has 3 rings (SSSR count). The molecule has 2 fully saturated rings. The standard InChI is InChI=1S/C11H16N2O2/c1-8-4-10(12-15-8)5-13-6-11(14,7-13)9-2-3-9/h4,9,14H,2-3,5-7H2,1H3. The van der Waals surface area contributed by atoms with Crippen molar-refractivity contribution in [3.63, 3.8) is 0 Å². The van der Waals surface area contributed by atoms with E-state index in [1.807, 2.05) is 13.0 Å². The highest BCUT2D eigenvalue weighted by Gasteiger charge is 2.51. The largest absolute Gasteiger partial charge is 0.387 e. The molecule has 0 amide bonds. The molecule has 0 atom stereocenters. The van der Waals surface area contributed by atoms with Gasteiger partial charge in [0, 0.05) is 25.7 Å². The Balaban J connectivity index is 1.55. The Kier molecular flexibility index (Phi) is 1.91. The van der Waals surface area contributed by atoms with Crippen LogP contribution in [0.15, 0.2) is 10.6 Å². The molecule has 1 aromatic rings. The first kappa shape index (κ1) is 9.36. The van der Waals surface area contributed by atoms with Crippen molar-refractivity contribution >= 4 is 0 Å². The summed E-state index contributed by atoms with van der Waals surface area (Å²) in [5.74, 6) is 1.41. The van der Waals surface area contributed by atoms with Crippen molar-refractivity contribution in [1.29, 1.82) is 0 Å². The Morgan fingerprint density at radius 3 is 2.87 bits per heavy atom. The maximum atomic E-state index is 10.1. The molecule has 1 saturated carbocycles. The molecule has 1 aliphatic carbocycles. The fourth-order valence-electron chi connectivity index (χ4n) is 2.44. The number of hydrogen-bond donors (Lipinski definition) is 1. The minimum absolute atomic E-state index is 0.390. The van der Waals surface area contributed by atoms with Crippen molar-refractivity contribution < 1.29 is 9.63 Å².